The van der Waals surface area contributed by atoms with Crippen LogP contribution in [0.4, 0.5) is 4.79 Å². The SMILES string of the molecule is CC(C)[C@H]1CC[C@@H](OC[C@H]2[C@@H](c3cc[nH]n3)CCCN2C(=O)NCc2ccccc2)CC1. The topological polar surface area (TPSA) is 70.2 Å². The number of likely N-dealkylation sites (tertiary alicyclic amines) is 1. The monoisotopic (exact) mass is 438 g/mol. The van der Waals surface area contributed by atoms with Gasteiger partial charge in [0, 0.05) is 25.2 Å². The van der Waals surface area contributed by atoms with E-state index in [-0.39, 0.29) is 18.0 Å². The molecule has 1 aromatic carbocycles. The lowest BCUT2D eigenvalue weighted by atomic mass is 9.80. The molecule has 1 saturated heterocycles. The highest BCUT2D eigenvalue weighted by molar-refractivity contribution is 5.74. The van der Waals surface area contributed by atoms with E-state index >= 15 is 0 Å². The summed E-state index contributed by atoms with van der Waals surface area (Å²) in [7, 11) is 0. The van der Waals surface area contributed by atoms with Gasteiger partial charge in [-0.15, -0.1) is 0 Å². The molecule has 2 heterocycles. The number of nitrogens with zero attached hydrogens (tertiary/aromatic N) is 2. The number of amides is 2. The number of aromatic nitrogens is 2. The predicted molar refractivity (Wildman–Crippen MR) is 126 cm³/mol. The first-order valence-corrected chi connectivity index (χ1v) is 12.3. The van der Waals surface area contributed by atoms with Gasteiger partial charge >= 0.3 is 6.03 Å². The summed E-state index contributed by atoms with van der Waals surface area (Å²) in [5.74, 6) is 1.77. The highest BCUT2D eigenvalue weighted by Crippen LogP contribution is 2.34. The fourth-order valence-corrected chi connectivity index (χ4v) is 5.37. The standard InChI is InChI=1S/C26H38N4O2/c1-19(2)21-10-12-22(13-11-21)32-18-25-23(24-14-15-28-29-24)9-6-16-30(25)26(31)27-17-20-7-4-3-5-8-20/h3-5,7-8,14-15,19,21-23,25H,6,9-13,16-18H2,1-2H3,(H,27,31)(H,28,29)/t21-,22+,23-,25+/m1/s1. The normalized spacial score (nSPS) is 26.3. The maximum Gasteiger partial charge on any atom is 0.318 e. The average molecular weight is 439 g/mol. The number of urea groups is 1. The third kappa shape index (κ3) is 5.71. The molecule has 1 aliphatic carbocycles. The Bertz CT molecular complexity index is 816. The van der Waals surface area contributed by atoms with Crippen molar-refractivity contribution in [2.75, 3.05) is 13.2 Å². The maximum absolute atomic E-state index is 13.2. The van der Waals surface area contributed by atoms with Crippen LogP contribution in [-0.4, -0.2) is 46.4 Å². The molecular formula is C26H38N4O2. The minimum atomic E-state index is -0.00814. The number of rotatable bonds is 7. The van der Waals surface area contributed by atoms with Crippen LogP contribution < -0.4 is 5.32 Å². The molecule has 2 aromatic rings. The molecule has 2 N–H and O–H groups in total. The molecule has 32 heavy (non-hydrogen) atoms. The smallest absolute Gasteiger partial charge is 0.318 e. The molecule has 6 heteroatoms. The fraction of sp³-hybridized carbons (Fsp3) is 0.615. The quantitative estimate of drug-likeness (QED) is 0.632. The minimum Gasteiger partial charge on any atom is -0.376 e. The molecule has 6 nitrogen and oxygen atoms in total. The number of benzene rings is 1. The van der Waals surface area contributed by atoms with Crippen LogP contribution in [-0.2, 0) is 11.3 Å². The molecule has 0 unspecified atom stereocenters. The Balaban J connectivity index is 1.40. The van der Waals surface area contributed by atoms with Gasteiger partial charge in [0.15, 0.2) is 0 Å². The summed E-state index contributed by atoms with van der Waals surface area (Å²) in [6, 6.07) is 12.1. The molecule has 174 valence electrons. The van der Waals surface area contributed by atoms with Crippen molar-refractivity contribution in [2.24, 2.45) is 11.8 Å². The zero-order valence-electron chi connectivity index (χ0n) is 19.5. The Morgan fingerprint density at radius 1 is 1.16 bits per heavy atom. The number of carbonyl (C=O) groups is 1. The van der Waals surface area contributed by atoms with Crippen LogP contribution in [0.1, 0.15) is 69.5 Å². The number of carbonyl (C=O) groups excluding carboxylic acids is 1. The molecule has 0 radical (unpaired) electrons. The largest absolute Gasteiger partial charge is 0.376 e. The lowest BCUT2D eigenvalue weighted by Gasteiger charge is -2.41. The van der Waals surface area contributed by atoms with E-state index in [0.717, 1.165) is 55.3 Å². The summed E-state index contributed by atoms with van der Waals surface area (Å²) in [5.41, 5.74) is 2.14. The third-order valence-corrected chi connectivity index (χ3v) is 7.39. The number of nitrogens with one attached hydrogen (secondary N) is 2. The second-order valence-corrected chi connectivity index (χ2v) is 9.77. The van der Waals surface area contributed by atoms with Crippen molar-refractivity contribution in [3.05, 3.63) is 53.9 Å². The Hall–Kier alpha value is -2.34. The van der Waals surface area contributed by atoms with Gasteiger partial charge in [-0.2, -0.15) is 5.10 Å². The van der Waals surface area contributed by atoms with Crippen molar-refractivity contribution >= 4 is 6.03 Å². The average Bonchev–Trinajstić information content (AvgIpc) is 3.37. The molecule has 2 fully saturated rings. The summed E-state index contributed by atoms with van der Waals surface area (Å²) in [5, 5.41) is 10.5. The molecular weight excluding hydrogens is 400 g/mol. The molecule has 2 atom stereocenters. The maximum atomic E-state index is 13.2. The van der Waals surface area contributed by atoms with Crippen LogP contribution in [0.3, 0.4) is 0 Å². The highest BCUT2D eigenvalue weighted by atomic mass is 16.5. The van der Waals surface area contributed by atoms with Crippen molar-refractivity contribution in [1.29, 1.82) is 0 Å². The van der Waals surface area contributed by atoms with E-state index in [0.29, 0.717) is 19.3 Å². The second kappa shape index (κ2) is 11.0. The van der Waals surface area contributed by atoms with E-state index in [9.17, 15) is 4.79 Å². The van der Waals surface area contributed by atoms with Gasteiger partial charge in [-0.25, -0.2) is 4.79 Å². The van der Waals surface area contributed by atoms with E-state index in [1.165, 1.54) is 12.8 Å². The minimum absolute atomic E-state index is 0.00523. The van der Waals surface area contributed by atoms with Gasteiger partial charge in [0.2, 0.25) is 0 Å². The zero-order valence-corrected chi connectivity index (χ0v) is 19.5. The number of piperidine rings is 1. The van der Waals surface area contributed by atoms with Gasteiger partial charge in [-0.3, -0.25) is 5.10 Å². The van der Waals surface area contributed by atoms with Crippen LogP contribution >= 0.6 is 0 Å². The molecule has 1 aromatic heterocycles. The van der Waals surface area contributed by atoms with Crippen molar-refractivity contribution in [2.45, 2.75) is 77.0 Å². The zero-order chi connectivity index (χ0) is 22.3. The summed E-state index contributed by atoms with van der Waals surface area (Å²) in [4.78, 5) is 15.2. The van der Waals surface area contributed by atoms with Gasteiger partial charge in [0.1, 0.15) is 0 Å². The number of hydrogen-bond donors (Lipinski definition) is 2. The van der Waals surface area contributed by atoms with Gasteiger partial charge in [0.05, 0.1) is 24.4 Å². The van der Waals surface area contributed by atoms with Crippen molar-refractivity contribution in [3.63, 3.8) is 0 Å². The van der Waals surface area contributed by atoms with Gasteiger partial charge in [-0.05, 0) is 62.0 Å². The Morgan fingerprint density at radius 2 is 1.94 bits per heavy atom. The number of aromatic amines is 1. The lowest BCUT2D eigenvalue weighted by molar-refractivity contribution is -0.0239. The molecule has 2 aliphatic rings. The Labute approximate surface area is 192 Å². The van der Waals surface area contributed by atoms with Crippen LogP contribution in [0, 0.1) is 11.8 Å². The Kier molecular flexibility index (Phi) is 7.85. The van der Waals surface area contributed by atoms with Crippen molar-refractivity contribution in [3.8, 4) is 0 Å². The number of H-pyrrole nitrogens is 1. The van der Waals surface area contributed by atoms with Gasteiger partial charge in [-0.1, -0.05) is 44.2 Å². The first-order chi connectivity index (χ1) is 15.6. The summed E-state index contributed by atoms with van der Waals surface area (Å²) in [6.45, 7) is 6.53. The summed E-state index contributed by atoms with van der Waals surface area (Å²) >= 11 is 0. The van der Waals surface area contributed by atoms with Gasteiger partial charge in [0.25, 0.3) is 0 Å². The Morgan fingerprint density at radius 3 is 2.62 bits per heavy atom. The molecule has 1 aliphatic heterocycles. The van der Waals surface area contributed by atoms with E-state index in [1.54, 1.807) is 0 Å². The lowest BCUT2D eigenvalue weighted by Crippen LogP contribution is -2.53. The van der Waals surface area contributed by atoms with E-state index < -0.39 is 0 Å². The van der Waals surface area contributed by atoms with Crippen LogP contribution in [0.25, 0.3) is 0 Å². The number of ether oxygens (including phenoxy) is 1. The fourth-order valence-electron chi connectivity index (χ4n) is 5.37. The first-order valence-electron chi connectivity index (χ1n) is 12.3. The molecule has 2 amide bonds. The second-order valence-electron chi connectivity index (χ2n) is 9.77. The van der Waals surface area contributed by atoms with Crippen LogP contribution in [0.2, 0.25) is 0 Å². The molecule has 0 bridgehead atoms. The number of hydrogen-bond acceptors (Lipinski definition) is 3. The molecule has 0 spiro atoms. The molecule has 1 saturated carbocycles. The van der Waals surface area contributed by atoms with Crippen LogP contribution in [0.5, 0.6) is 0 Å². The third-order valence-electron chi connectivity index (χ3n) is 7.39. The van der Waals surface area contributed by atoms with E-state index in [4.69, 9.17) is 4.74 Å². The van der Waals surface area contributed by atoms with Gasteiger partial charge < -0.3 is 15.0 Å². The van der Waals surface area contributed by atoms with Crippen molar-refractivity contribution < 1.29 is 9.53 Å². The van der Waals surface area contributed by atoms with E-state index in [2.05, 4.69) is 29.4 Å². The highest BCUT2D eigenvalue weighted by Gasteiger charge is 2.37. The predicted octanol–water partition coefficient (Wildman–Crippen LogP) is 5.10. The molecule has 4 rings (SSSR count). The van der Waals surface area contributed by atoms with Crippen molar-refractivity contribution in [1.82, 2.24) is 20.4 Å². The summed E-state index contributed by atoms with van der Waals surface area (Å²) < 4.78 is 6.46. The summed E-state index contributed by atoms with van der Waals surface area (Å²) in [6.07, 6.45) is 8.93. The van der Waals surface area contributed by atoms with Crippen LogP contribution in [0.15, 0.2) is 42.6 Å². The first kappa shape index (κ1) is 22.8. The van der Waals surface area contributed by atoms with E-state index in [1.807, 2.05) is 47.5 Å².